The molecule has 1 aromatic carbocycles. The van der Waals surface area contributed by atoms with Gasteiger partial charge >= 0.3 is 0 Å². The molecule has 2 rings (SSSR count). The summed E-state index contributed by atoms with van der Waals surface area (Å²) in [5, 5.41) is 0. The summed E-state index contributed by atoms with van der Waals surface area (Å²) >= 11 is 0. The molecule has 2 N–H and O–H groups in total. The van der Waals surface area contributed by atoms with Crippen LogP contribution >= 0.6 is 0 Å². The van der Waals surface area contributed by atoms with Crippen molar-refractivity contribution in [1.82, 2.24) is 0 Å². The highest BCUT2D eigenvalue weighted by Crippen LogP contribution is 2.19. The van der Waals surface area contributed by atoms with E-state index in [9.17, 15) is 0 Å². The minimum absolute atomic E-state index is 0.00505. The molecule has 0 spiro atoms. The molecule has 0 fully saturated rings. The Kier molecular flexibility index (Phi) is 3.11. The lowest BCUT2D eigenvalue weighted by Gasteiger charge is -2.12. The van der Waals surface area contributed by atoms with Gasteiger partial charge in [0.1, 0.15) is 5.76 Å². The zero-order valence-corrected chi connectivity index (χ0v) is 9.73. The first-order valence-corrected chi connectivity index (χ1v) is 5.52. The van der Waals surface area contributed by atoms with E-state index >= 15 is 0 Å². The molecule has 1 aromatic heterocycles. The van der Waals surface area contributed by atoms with E-state index in [4.69, 9.17) is 10.2 Å². The van der Waals surface area contributed by atoms with Gasteiger partial charge in [0.2, 0.25) is 0 Å². The zero-order valence-electron chi connectivity index (χ0n) is 9.73. The lowest BCUT2D eigenvalue weighted by molar-refractivity contribution is 0.488. The van der Waals surface area contributed by atoms with Crippen LogP contribution in [0.3, 0.4) is 0 Å². The fourth-order valence-electron chi connectivity index (χ4n) is 1.76. The molecular weight excluding hydrogens is 198 g/mol. The van der Waals surface area contributed by atoms with Gasteiger partial charge in [-0.3, -0.25) is 0 Å². The molecule has 2 heteroatoms. The van der Waals surface area contributed by atoms with E-state index in [1.807, 2.05) is 12.1 Å². The monoisotopic (exact) mass is 215 g/mol. The van der Waals surface area contributed by atoms with Crippen LogP contribution in [0.5, 0.6) is 0 Å². The number of aryl methyl sites for hydroxylation is 2. The first kappa shape index (κ1) is 11.0. The number of benzene rings is 1. The normalized spacial score (nSPS) is 12.7. The van der Waals surface area contributed by atoms with Gasteiger partial charge in [0, 0.05) is 12.5 Å². The standard InChI is InChI=1S/C14H17NO/c1-10-5-6-12(8-11(10)2)14(15)9-13-4-3-7-16-13/h3-8,14H,9,15H2,1-2H3. The van der Waals surface area contributed by atoms with Gasteiger partial charge in [0.15, 0.2) is 0 Å². The quantitative estimate of drug-likeness (QED) is 0.854. The lowest BCUT2D eigenvalue weighted by atomic mass is 9.99. The summed E-state index contributed by atoms with van der Waals surface area (Å²) in [6.45, 7) is 4.22. The first-order valence-electron chi connectivity index (χ1n) is 5.52. The van der Waals surface area contributed by atoms with Crippen LogP contribution in [-0.2, 0) is 6.42 Å². The maximum absolute atomic E-state index is 6.15. The van der Waals surface area contributed by atoms with Crippen molar-refractivity contribution < 1.29 is 4.42 Å². The molecule has 2 nitrogen and oxygen atoms in total. The maximum atomic E-state index is 6.15. The van der Waals surface area contributed by atoms with Crippen molar-refractivity contribution in [2.45, 2.75) is 26.3 Å². The highest BCUT2D eigenvalue weighted by molar-refractivity contribution is 5.32. The second kappa shape index (κ2) is 4.54. The van der Waals surface area contributed by atoms with Crippen LogP contribution in [0.15, 0.2) is 41.0 Å². The predicted molar refractivity (Wildman–Crippen MR) is 65.3 cm³/mol. The molecule has 0 bridgehead atoms. The Morgan fingerprint density at radius 1 is 1.19 bits per heavy atom. The third-order valence-electron chi connectivity index (χ3n) is 2.96. The molecule has 16 heavy (non-hydrogen) atoms. The Morgan fingerprint density at radius 3 is 2.62 bits per heavy atom. The van der Waals surface area contributed by atoms with Crippen molar-refractivity contribution in [1.29, 1.82) is 0 Å². The minimum Gasteiger partial charge on any atom is -0.469 e. The number of hydrogen-bond acceptors (Lipinski definition) is 2. The van der Waals surface area contributed by atoms with Crippen molar-refractivity contribution >= 4 is 0 Å². The Labute approximate surface area is 96.1 Å². The SMILES string of the molecule is Cc1ccc(C(N)Cc2ccco2)cc1C. The third-order valence-corrected chi connectivity index (χ3v) is 2.96. The van der Waals surface area contributed by atoms with Crippen LogP contribution in [0, 0.1) is 13.8 Å². The Bertz CT molecular complexity index is 460. The van der Waals surface area contributed by atoms with Gasteiger partial charge < -0.3 is 10.2 Å². The van der Waals surface area contributed by atoms with Gasteiger partial charge in [-0.1, -0.05) is 18.2 Å². The molecule has 84 valence electrons. The van der Waals surface area contributed by atoms with Gasteiger partial charge in [-0.2, -0.15) is 0 Å². The number of hydrogen-bond donors (Lipinski definition) is 1. The van der Waals surface area contributed by atoms with E-state index in [1.54, 1.807) is 6.26 Å². The Hall–Kier alpha value is -1.54. The summed E-state index contributed by atoms with van der Waals surface area (Å²) in [4.78, 5) is 0. The van der Waals surface area contributed by atoms with E-state index in [2.05, 4.69) is 32.0 Å². The number of rotatable bonds is 3. The van der Waals surface area contributed by atoms with Crippen molar-refractivity contribution in [2.24, 2.45) is 5.73 Å². The van der Waals surface area contributed by atoms with Crippen molar-refractivity contribution in [2.75, 3.05) is 0 Å². The second-order valence-electron chi connectivity index (χ2n) is 4.23. The van der Waals surface area contributed by atoms with Crippen molar-refractivity contribution in [3.8, 4) is 0 Å². The summed E-state index contributed by atoms with van der Waals surface area (Å²) in [6, 6.07) is 10.2. The maximum Gasteiger partial charge on any atom is 0.105 e. The van der Waals surface area contributed by atoms with E-state index in [-0.39, 0.29) is 6.04 Å². The largest absolute Gasteiger partial charge is 0.469 e. The highest BCUT2D eigenvalue weighted by atomic mass is 16.3. The first-order chi connectivity index (χ1) is 7.66. The molecule has 0 aliphatic carbocycles. The summed E-state index contributed by atoms with van der Waals surface area (Å²) in [7, 11) is 0. The molecule has 0 aliphatic heterocycles. The molecule has 0 amide bonds. The van der Waals surface area contributed by atoms with Crippen LogP contribution in [0.2, 0.25) is 0 Å². The molecular formula is C14H17NO. The van der Waals surface area contributed by atoms with Crippen LogP contribution in [0.4, 0.5) is 0 Å². The molecule has 0 saturated carbocycles. The Balaban J connectivity index is 2.14. The average molecular weight is 215 g/mol. The molecule has 1 heterocycles. The van der Waals surface area contributed by atoms with Crippen LogP contribution < -0.4 is 5.73 Å². The molecule has 0 radical (unpaired) electrons. The summed E-state index contributed by atoms with van der Waals surface area (Å²) in [5.41, 5.74) is 9.90. The molecule has 1 unspecified atom stereocenters. The molecule has 2 aromatic rings. The third kappa shape index (κ3) is 2.34. The second-order valence-corrected chi connectivity index (χ2v) is 4.23. The van der Waals surface area contributed by atoms with E-state index < -0.39 is 0 Å². The van der Waals surface area contributed by atoms with Crippen LogP contribution in [-0.4, -0.2) is 0 Å². The van der Waals surface area contributed by atoms with E-state index in [0.717, 1.165) is 12.2 Å². The summed E-state index contributed by atoms with van der Waals surface area (Å²) < 4.78 is 5.30. The van der Waals surface area contributed by atoms with Crippen LogP contribution in [0.25, 0.3) is 0 Å². The van der Waals surface area contributed by atoms with Gasteiger partial charge in [0.25, 0.3) is 0 Å². The highest BCUT2D eigenvalue weighted by Gasteiger charge is 2.09. The average Bonchev–Trinajstić information content (AvgIpc) is 2.74. The van der Waals surface area contributed by atoms with E-state index in [0.29, 0.717) is 0 Å². The fourth-order valence-corrected chi connectivity index (χ4v) is 1.76. The van der Waals surface area contributed by atoms with Crippen molar-refractivity contribution in [3.63, 3.8) is 0 Å². The topological polar surface area (TPSA) is 39.2 Å². The van der Waals surface area contributed by atoms with E-state index in [1.165, 1.54) is 16.7 Å². The minimum atomic E-state index is 0.00505. The fraction of sp³-hybridized carbons (Fsp3) is 0.286. The van der Waals surface area contributed by atoms with Crippen LogP contribution in [0.1, 0.15) is 28.5 Å². The zero-order chi connectivity index (χ0) is 11.5. The number of furan rings is 1. The smallest absolute Gasteiger partial charge is 0.105 e. The number of nitrogens with two attached hydrogens (primary N) is 1. The molecule has 0 saturated heterocycles. The molecule has 0 aliphatic rings. The van der Waals surface area contributed by atoms with Crippen molar-refractivity contribution in [3.05, 3.63) is 59.0 Å². The Morgan fingerprint density at radius 2 is 2.00 bits per heavy atom. The molecule has 1 atom stereocenters. The summed E-state index contributed by atoms with van der Waals surface area (Å²) in [6.07, 6.45) is 2.43. The summed E-state index contributed by atoms with van der Waals surface area (Å²) in [5.74, 6) is 0.936. The van der Waals surface area contributed by atoms with Gasteiger partial charge in [0.05, 0.1) is 6.26 Å². The van der Waals surface area contributed by atoms with Gasteiger partial charge in [-0.05, 0) is 42.7 Å². The van der Waals surface area contributed by atoms with Gasteiger partial charge in [-0.25, -0.2) is 0 Å². The lowest BCUT2D eigenvalue weighted by Crippen LogP contribution is -2.13. The van der Waals surface area contributed by atoms with Gasteiger partial charge in [-0.15, -0.1) is 0 Å². The predicted octanol–water partition coefficient (Wildman–Crippen LogP) is 3.14.